The maximum Gasteiger partial charge on any atom is 0.186 e. The second-order valence-electron chi connectivity index (χ2n) is 4.92. The van der Waals surface area contributed by atoms with E-state index in [9.17, 15) is 0 Å². The van der Waals surface area contributed by atoms with Crippen LogP contribution in [0.3, 0.4) is 0 Å². The van der Waals surface area contributed by atoms with E-state index >= 15 is 0 Å². The Labute approximate surface area is 154 Å². The molecule has 0 aliphatic heterocycles. The minimum Gasteiger partial charge on any atom is -0.362 e. The van der Waals surface area contributed by atoms with E-state index in [2.05, 4.69) is 31.7 Å². The first-order valence-electron chi connectivity index (χ1n) is 7.75. The van der Waals surface area contributed by atoms with E-state index < -0.39 is 0 Å². The third-order valence-corrected chi connectivity index (χ3v) is 3.49. The van der Waals surface area contributed by atoms with Crippen molar-refractivity contribution < 1.29 is 0 Å². The summed E-state index contributed by atoms with van der Waals surface area (Å²) in [4.78, 5) is 0. The first kappa shape index (κ1) is 20.0. The summed E-state index contributed by atoms with van der Waals surface area (Å²) in [6, 6.07) is 7.97. The van der Waals surface area contributed by atoms with Gasteiger partial charge in [0.2, 0.25) is 0 Å². The summed E-state index contributed by atoms with van der Waals surface area (Å²) in [6.45, 7) is 9.32. The molecular weight excluding hydrogens is 340 g/mol. The van der Waals surface area contributed by atoms with Crippen LogP contribution >= 0.6 is 24.4 Å². The fourth-order valence-electron chi connectivity index (χ4n) is 1.77. The van der Waals surface area contributed by atoms with Crippen LogP contribution in [0, 0.1) is 0 Å². The normalized spacial score (nSPS) is 11.7. The van der Waals surface area contributed by atoms with Crippen LogP contribution in [0.1, 0.15) is 38.8 Å². The first-order chi connectivity index (χ1) is 11.5. The van der Waals surface area contributed by atoms with Gasteiger partial charge in [-0.2, -0.15) is 10.2 Å². The molecule has 1 aromatic carbocycles. The average molecular weight is 365 g/mol. The molecule has 8 heteroatoms. The van der Waals surface area contributed by atoms with Crippen molar-refractivity contribution >= 4 is 46.1 Å². The molecule has 0 spiro atoms. The zero-order valence-electron chi connectivity index (χ0n) is 14.4. The predicted molar refractivity (Wildman–Crippen MR) is 110 cm³/mol. The van der Waals surface area contributed by atoms with Gasteiger partial charge < -0.3 is 10.6 Å². The molecule has 0 saturated carbocycles. The van der Waals surface area contributed by atoms with E-state index in [0.717, 1.165) is 35.6 Å². The average Bonchev–Trinajstić information content (AvgIpc) is 2.58. The van der Waals surface area contributed by atoms with Crippen LogP contribution in [0.25, 0.3) is 0 Å². The molecule has 130 valence electrons. The Hall–Kier alpha value is -2.06. The van der Waals surface area contributed by atoms with Crippen LogP contribution in [-0.2, 0) is 0 Å². The van der Waals surface area contributed by atoms with Gasteiger partial charge in [-0.3, -0.25) is 10.9 Å². The molecule has 1 aromatic rings. The monoisotopic (exact) mass is 364 g/mol. The predicted octanol–water partition coefficient (Wildman–Crippen LogP) is 2.10. The Morgan fingerprint density at radius 1 is 0.875 bits per heavy atom. The number of hydrazone groups is 2. The van der Waals surface area contributed by atoms with Gasteiger partial charge in [-0.05, 0) is 69.3 Å². The van der Waals surface area contributed by atoms with Crippen molar-refractivity contribution in [3.05, 3.63) is 35.4 Å². The molecule has 0 atom stereocenters. The Balaban J connectivity index is 2.81. The highest BCUT2D eigenvalue weighted by molar-refractivity contribution is 7.80. The summed E-state index contributed by atoms with van der Waals surface area (Å²) in [5.41, 5.74) is 9.30. The summed E-state index contributed by atoms with van der Waals surface area (Å²) in [7, 11) is 0. The fourth-order valence-corrected chi connectivity index (χ4v) is 2.15. The second kappa shape index (κ2) is 10.7. The third kappa shape index (κ3) is 7.01. The van der Waals surface area contributed by atoms with Crippen LogP contribution in [0.5, 0.6) is 0 Å². The number of nitrogens with one attached hydrogen (secondary N) is 4. The van der Waals surface area contributed by atoms with E-state index in [1.165, 1.54) is 0 Å². The number of hydrogen-bond donors (Lipinski definition) is 4. The lowest BCUT2D eigenvalue weighted by molar-refractivity contribution is 0.900. The highest BCUT2D eigenvalue weighted by Gasteiger charge is 2.03. The maximum atomic E-state index is 5.09. The van der Waals surface area contributed by atoms with Crippen molar-refractivity contribution in [1.29, 1.82) is 0 Å². The molecule has 0 unspecified atom stereocenters. The van der Waals surface area contributed by atoms with Gasteiger partial charge in [0.05, 0.1) is 11.4 Å². The molecule has 4 N–H and O–H groups in total. The van der Waals surface area contributed by atoms with Gasteiger partial charge in [-0.25, -0.2) is 0 Å². The van der Waals surface area contributed by atoms with E-state index in [1.807, 2.05) is 52.0 Å². The number of rotatable bonds is 6. The fraction of sp³-hybridized carbons (Fsp3) is 0.375. The lowest BCUT2D eigenvalue weighted by Crippen LogP contribution is -2.32. The van der Waals surface area contributed by atoms with Gasteiger partial charge >= 0.3 is 0 Å². The summed E-state index contributed by atoms with van der Waals surface area (Å²) < 4.78 is 0. The Kier molecular flexibility index (Phi) is 8.88. The summed E-state index contributed by atoms with van der Waals surface area (Å²) >= 11 is 10.2. The van der Waals surface area contributed by atoms with Crippen LogP contribution in [0.4, 0.5) is 0 Å². The van der Waals surface area contributed by atoms with Gasteiger partial charge in [-0.15, -0.1) is 0 Å². The lowest BCUT2D eigenvalue weighted by atomic mass is 10.1. The van der Waals surface area contributed by atoms with Crippen LogP contribution in [0.15, 0.2) is 34.5 Å². The van der Waals surface area contributed by atoms with Gasteiger partial charge in [-0.1, -0.05) is 18.2 Å². The highest BCUT2D eigenvalue weighted by atomic mass is 32.1. The number of nitrogens with zero attached hydrogens (tertiary/aromatic N) is 2. The minimum absolute atomic E-state index is 0.506. The van der Waals surface area contributed by atoms with E-state index in [1.54, 1.807) is 0 Å². The van der Waals surface area contributed by atoms with Crippen molar-refractivity contribution in [2.45, 2.75) is 27.7 Å². The molecule has 0 aliphatic carbocycles. The molecule has 0 heterocycles. The molecule has 6 nitrogen and oxygen atoms in total. The molecule has 0 aliphatic rings. The molecule has 0 amide bonds. The summed E-state index contributed by atoms with van der Waals surface area (Å²) in [6.07, 6.45) is 0. The molecule has 0 aromatic heterocycles. The van der Waals surface area contributed by atoms with Crippen molar-refractivity contribution in [2.24, 2.45) is 10.2 Å². The minimum atomic E-state index is 0.506. The molecule has 0 bridgehead atoms. The largest absolute Gasteiger partial charge is 0.362 e. The molecule has 1 rings (SSSR count). The second-order valence-corrected chi connectivity index (χ2v) is 5.73. The van der Waals surface area contributed by atoms with Crippen LogP contribution in [-0.4, -0.2) is 34.7 Å². The Morgan fingerprint density at radius 2 is 1.29 bits per heavy atom. The van der Waals surface area contributed by atoms with E-state index in [-0.39, 0.29) is 0 Å². The van der Waals surface area contributed by atoms with Gasteiger partial charge in [0.15, 0.2) is 10.2 Å². The summed E-state index contributed by atoms with van der Waals surface area (Å²) in [5, 5.41) is 15.6. The quantitative estimate of drug-likeness (QED) is 0.352. The van der Waals surface area contributed by atoms with Crippen molar-refractivity contribution in [1.82, 2.24) is 21.5 Å². The van der Waals surface area contributed by atoms with Gasteiger partial charge in [0.25, 0.3) is 0 Å². The number of hydrogen-bond acceptors (Lipinski definition) is 4. The van der Waals surface area contributed by atoms with Crippen molar-refractivity contribution in [3.63, 3.8) is 0 Å². The van der Waals surface area contributed by atoms with Crippen LogP contribution in [0.2, 0.25) is 0 Å². The van der Waals surface area contributed by atoms with Gasteiger partial charge in [0.1, 0.15) is 0 Å². The molecule has 0 fully saturated rings. The van der Waals surface area contributed by atoms with E-state index in [0.29, 0.717) is 10.2 Å². The number of thiocarbonyl (C=S) groups is 2. The molecule has 0 saturated heterocycles. The van der Waals surface area contributed by atoms with Crippen molar-refractivity contribution in [2.75, 3.05) is 13.1 Å². The zero-order chi connectivity index (χ0) is 17.9. The van der Waals surface area contributed by atoms with E-state index in [4.69, 9.17) is 24.4 Å². The Morgan fingerprint density at radius 3 is 1.67 bits per heavy atom. The first-order valence-corrected chi connectivity index (χ1v) is 8.56. The SMILES string of the molecule is CCNC(=S)N/N=C(\C)c1cccc(/C(C)=N/NC(=S)NCC)c1. The summed E-state index contributed by atoms with van der Waals surface area (Å²) in [5.74, 6) is 0. The standard InChI is InChI=1S/C16H24N6S2/c1-5-17-15(23)21-19-11(3)13-8-7-9-14(10-13)12(4)20-22-16(24)18-6-2/h7-10H,5-6H2,1-4H3,(H2,17,21,23)(H2,18,22,24)/b19-11+,20-12+. The number of benzene rings is 1. The maximum absolute atomic E-state index is 5.09. The van der Waals surface area contributed by atoms with Crippen LogP contribution < -0.4 is 21.5 Å². The molecular formula is C16H24N6S2. The lowest BCUT2D eigenvalue weighted by Gasteiger charge is -2.08. The van der Waals surface area contributed by atoms with Crippen molar-refractivity contribution in [3.8, 4) is 0 Å². The van der Waals surface area contributed by atoms with Gasteiger partial charge in [0, 0.05) is 13.1 Å². The zero-order valence-corrected chi connectivity index (χ0v) is 16.1. The molecule has 0 radical (unpaired) electrons. The Bertz CT molecular complexity index is 588. The highest BCUT2D eigenvalue weighted by Crippen LogP contribution is 2.08. The smallest absolute Gasteiger partial charge is 0.186 e. The molecule has 24 heavy (non-hydrogen) atoms. The topological polar surface area (TPSA) is 72.8 Å². The third-order valence-electron chi connectivity index (χ3n) is 3.02.